The Morgan fingerprint density at radius 1 is 1.04 bits per heavy atom. The third-order valence-electron chi connectivity index (χ3n) is 5.39. The van der Waals surface area contributed by atoms with E-state index in [9.17, 15) is 8.42 Å². The molecule has 0 bridgehead atoms. The number of benzene rings is 2. The van der Waals surface area contributed by atoms with E-state index in [2.05, 4.69) is 42.5 Å². The Labute approximate surface area is 157 Å². The second-order valence-electron chi connectivity index (χ2n) is 7.43. The highest BCUT2D eigenvalue weighted by atomic mass is 32.2. The maximum Gasteiger partial charge on any atom is 0.150 e. The lowest BCUT2D eigenvalue weighted by Gasteiger charge is -2.32. The predicted molar refractivity (Wildman–Crippen MR) is 108 cm³/mol. The van der Waals surface area contributed by atoms with Crippen molar-refractivity contribution in [3.63, 3.8) is 0 Å². The summed E-state index contributed by atoms with van der Waals surface area (Å²) in [7, 11) is -2.95. The molecule has 3 rings (SSSR count). The average molecular weight is 372 g/mol. The van der Waals surface area contributed by atoms with Crippen molar-refractivity contribution in [2.24, 2.45) is 5.73 Å². The van der Waals surface area contributed by atoms with Crippen LogP contribution in [0.1, 0.15) is 47.9 Å². The second kappa shape index (κ2) is 8.36. The Balaban J connectivity index is 1.81. The van der Waals surface area contributed by atoms with Gasteiger partial charge in [-0.1, -0.05) is 55.5 Å². The van der Waals surface area contributed by atoms with Crippen LogP contribution in [-0.2, 0) is 29.1 Å². The van der Waals surface area contributed by atoms with Crippen molar-refractivity contribution in [1.29, 1.82) is 0 Å². The van der Waals surface area contributed by atoms with Crippen LogP contribution in [0.4, 0.5) is 0 Å². The van der Waals surface area contributed by atoms with Crippen LogP contribution in [0.25, 0.3) is 0 Å². The highest BCUT2D eigenvalue weighted by Crippen LogP contribution is 2.34. The molecule has 1 aliphatic carbocycles. The molecule has 2 aromatic rings. The van der Waals surface area contributed by atoms with Crippen molar-refractivity contribution in [3.05, 3.63) is 70.8 Å². The fourth-order valence-electron chi connectivity index (χ4n) is 3.94. The number of fused-ring (bicyclic) bond motifs is 1. The van der Waals surface area contributed by atoms with Crippen LogP contribution in [0.5, 0.6) is 0 Å². The molecule has 0 amide bonds. The number of hydrogen-bond donors (Lipinski definition) is 1. The van der Waals surface area contributed by atoms with E-state index in [1.54, 1.807) is 0 Å². The largest absolute Gasteiger partial charge is 0.327 e. The molecular weight excluding hydrogens is 342 g/mol. The first-order chi connectivity index (χ1) is 12.5. The molecule has 0 fully saturated rings. The number of nitrogens with two attached hydrogens (primary N) is 1. The van der Waals surface area contributed by atoms with E-state index in [0.717, 1.165) is 24.8 Å². The van der Waals surface area contributed by atoms with Gasteiger partial charge in [0.1, 0.15) is 0 Å². The predicted octanol–water partition coefficient (Wildman–Crippen LogP) is 3.65. The molecule has 0 heterocycles. The van der Waals surface area contributed by atoms with E-state index < -0.39 is 9.84 Å². The summed E-state index contributed by atoms with van der Waals surface area (Å²) < 4.78 is 24.1. The molecule has 1 aliphatic rings. The lowest BCUT2D eigenvalue weighted by atomic mass is 9.76. The van der Waals surface area contributed by atoms with Crippen LogP contribution in [0, 0.1) is 0 Å². The zero-order valence-electron chi connectivity index (χ0n) is 15.5. The monoisotopic (exact) mass is 371 g/mol. The number of sulfone groups is 1. The molecule has 2 N–H and O–H groups in total. The van der Waals surface area contributed by atoms with Crippen molar-refractivity contribution in [3.8, 4) is 0 Å². The van der Waals surface area contributed by atoms with Gasteiger partial charge in [-0.3, -0.25) is 0 Å². The summed E-state index contributed by atoms with van der Waals surface area (Å²) in [6.45, 7) is 1.91. The highest BCUT2D eigenvalue weighted by Gasteiger charge is 2.27. The van der Waals surface area contributed by atoms with Gasteiger partial charge in [-0.2, -0.15) is 0 Å². The van der Waals surface area contributed by atoms with Crippen LogP contribution < -0.4 is 5.73 Å². The standard InChI is InChI=1S/C22H29NO2S/c1-2-13-26(24,25)14-12-18-8-9-19-10-11-22(23)21(20(19)15-18)16-17-6-4-3-5-7-17/h3-9,15,21-22H,2,10-14,16,23H2,1H3. The smallest absolute Gasteiger partial charge is 0.150 e. The van der Waals surface area contributed by atoms with Crippen molar-refractivity contribution in [2.45, 2.75) is 51.0 Å². The fraction of sp³-hybridized carbons (Fsp3) is 0.455. The Hall–Kier alpha value is -1.65. The fourth-order valence-corrected chi connectivity index (χ4v) is 5.32. The molecule has 0 aliphatic heterocycles. The Kier molecular flexibility index (Phi) is 6.15. The van der Waals surface area contributed by atoms with E-state index >= 15 is 0 Å². The molecule has 3 nitrogen and oxygen atoms in total. The van der Waals surface area contributed by atoms with Gasteiger partial charge in [-0.05, 0) is 54.4 Å². The normalized spacial score (nSPS) is 19.9. The van der Waals surface area contributed by atoms with Gasteiger partial charge in [0, 0.05) is 17.7 Å². The minimum absolute atomic E-state index is 0.154. The first-order valence-corrected chi connectivity index (χ1v) is 11.4. The van der Waals surface area contributed by atoms with Crippen LogP contribution >= 0.6 is 0 Å². The van der Waals surface area contributed by atoms with Crippen molar-refractivity contribution in [2.75, 3.05) is 11.5 Å². The molecule has 4 heteroatoms. The molecule has 0 saturated carbocycles. The van der Waals surface area contributed by atoms with Gasteiger partial charge in [0.15, 0.2) is 9.84 Å². The quantitative estimate of drug-likeness (QED) is 0.808. The summed E-state index contributed by atoms with van der Waals surface area (Å²) in [6, 6.07) is 17.1. The minimum atomic E-state index is -2.95. The first-order valence-electron chi connectivity index (χ1n) is 9.60. The van der Waals surface area contributed by atoms with Crippen LogP contribution in [0.15, 0.2) is 48.5 Å². The summed E-state index contributed by atoms with van der Waals surface area (Å²) >= 11 is 0. The highest BCUT2D eigenvalue weighted by molar-refractivity contribution is 7.91. The van der Waals surface area contributed by atoms with E-state index in [-0.39, 0.29) is 17.5 Å². The molecular formula is C22H29NO2S. The van der Waals surface area contributed by atoms with Crippen LogP contribution in [0.2, 0.25) is 0 Å². The van der Waals surface area contributed by atoms with E-state index in [1.807, 2.05) is 13.0 Å². The SMILES string of the molecule is CCCS(=O)(=O)CCc1ccc2c(c1)C(Cc1ccccc1)C(N)CC2. The maximum atomic E-state index is 12.0. The molecule has 2 atom stereocenters. The van der Waals surface area contributed by atoms with Crippen molar-refractivity contribution in [1.82, 2.24) is 0 Å². The number of hydrogen-bond acceptors (Lipinski definition) is 3. The Bertz CT molecular complexity index is 830. The van der Waals surface area contributed by atoms with E-state index in [0.29, 0.717) is 18.8 Å². The molecule has 26 heavy (non-hydrogen) atoms. The van der Waals surface area contributed by atoms with Crippen LogP contribution in [0.3, 0.4) is 0 Å². The Morgan fingerprint density at radius 3 is 2.54 bits per heavy atom. The van der Waals surface area contributed by atoms with Crippen molar-refractivity contribution < 1.29 is 8.42 Å². The molecule has 0 spiro atoms. The van der Waals surface area contributed by atoms with Gasteiger partial charge >= 0.3 is 0 Å². The topological polar surface area (TPSA) is 60.2 Å². The zero-order chi connectivity index (χ0) is 18.6. The lowest BCUT2D eigenvalue weighted by molar-refractivity contribution is 0.467. The zero-order valence-corrected chi connectivity index (χ0v) is 16.3. The third-order valence-corrected chi connectivity index (χ3v) is 7.25. The van der Waals surface area contributed by atoms with E-state index in [4.69, 9.17) is 5.73 Å². The number of rotatable bonds is 7. The number of aryl methyl sites for hydroxylation is 2. The third kappa shape index (κ3) is 4.74. The Morgan fingerprint density at radius 2 is 1.81 bits per heavy atom. The molecule has 2 aromatic carbocycles. The average Bonchev–Trinajstić information content (AvgIpc) is 2.63. The van der Waals surface area contributed by atoms with Gasteiger partial charge in [-0.15, -0.1) is 0 Å². The maximum absolute atomic E-state index is 12.0. The summed E-state index contributed by atoms with van der Waals surface area (Å²) in [5, 5.41) is 0. The minimum Gasteiger partial charge on any atom is -0.327 e. The summed E-state index contributed by atoms with van der Waals surface area (Å²) in [5.74, 6) is 0.808. The van der Waals surface area contributed by atoms with Crippen molar-refractivity contribution >= 4 is 9.84 Å². The second-order valence-corrected chi connectivity index (χ2v) is 9.74. The molecule has 0 aromatic heterocycles. The van der Waals surface area contributed by atoms with Gasteiger partial charge in [-0.25, -0.2) is 8.42 Å². The van der Waals surface area contributed by atoms with Gasteiger partial charge in [0.05, 0.1) is 5.75 Å². The van der Waals surface area contributed by atoms with Crippen LogP contribution in [-0.4, -0.2) is 26.0 Å². The van der Waals surface area contributed by atoms with E-state index in [1.165, 1.54) is 16.7 Å². The summed E-state index contributed by atoms with van der Waals surface area (Å²) in [5.41, 5.74) is 11.6. The molecule has 0 saturated heterocycles. The summed E-state index contributed by atoms with van der Waals surface area (Å²) in [6.07, 6.45) is 4.22. The molecule has 0 radical (unpaired) electrons. The van der Waals surface area contributed by atoms with Gasteiger partial charge in [0.25, 0.3) is 0 Å². The van der Waals surface area contributed by atoms with Gasteiger partial charge < -0.3 is 5.73 Å². The lowest BCUT2D eigenvalue weighted by Crippen LogP contribution is -2.34. The molecule has 140 valence electrons. The molecule has 2 unspecified atom stereocenters. The summed E-state index contributed by atoms with van der Waals surface area (Å²) in [4.78, 5) is 0. The van der Waals surface area contributed by atoms with Gasteiger partial charge in [0.2, 0.25) is 0 Å². The first kappa shape index (κ1) is 19.1.